The van der Waals surface area contributed by atoms with Gasteiger partial charge in [-0.3, -0.25) is 37.3 Å². The fourth-order valence-electron chi connectivity index (χ4n) is 11.6. The van der Waals surface area contributed by atoms with Crippen molar-refractivity contribution in [2.24, 2.45) is 23.7 Å². The van der Waals surface area contributed by atoms with Crippen LogP contribution in [0.1, 0.15) is 383 Å². The Labute approximate surface area is 581 Å². The Hall–Kier alpha value is -1.94. The molecule has 0 rings (SSSR count). The Morgan fingerprint density at radius 1 is 0.263 bits per heavy atom. The second-order valence-electron chi connectivity index (χ2n) is 29.3. The van der Waals surface area contributed by atoms with Crippen LogP contribution in [0.5, 0.6) is 0 Å². The van der Waals surface area contributed by atoms with E-state index in [1.807, 2.05) is 0 Å². The third-order valence-electron chi connectivity index (χ3n) is 17.6. The number of aliphatic hydroxyl groups is 1. The lowest BCUT2D eigenvalue weighted by atomic mass is 10.0. The zero-order valence-corrected chi connectivity index (χ0v) is 64.1. The maximum atomic E-state index is 13.1. The van der Waals surface area contributed by atoms with Gasteiger partial charge in [-0.05, 0) is 49.4 Å². The first-order chi connectivity index (χ1) is 45.6. The Kier molecular flexibility index (Phi) is 64.0. The molecule has 0 aromatic rings. The molecule has 0 radical (unpaired) electrons. The predicted molar refractivity (Wildman–Crippen MR) is 386 cm³/mol. The third-order valence-corrected chi connectivity index (χ3v) is 19.5. The van der Waals surface area contributed by atoms with E-state index in [1.54, 1.807) is 0 Å². The number of phosphoric ester groups is 2. The van der Waals surface area contributed by atoms with E-state index in [4.69, 9.17) is 37.0 Å². The highest BCUT2D eigenvalue weighted by molar-refractivity contribution is 7.47. The molecular weight excluding hydrogens is 1250 g/mol. The summed E-state index contributed by atoms with van der Waals surface area (Å²) < 4.78 is 68.4. The van der Waals surface area contributed by atoms with Gasteiger partial charge >= 0.3 is 39.5 Å². The molecule has 0 aromatic carbocycles. The number of hydrogen-bond donors (Lipinski definition) is 3. The molecule has 0 bridgehead atoms. The van der Waals surface area contributed by atoms with Gasteiger partial charge in [0.05, 0.1) is 26.4 Å². The van der Waals surface area contributed by atoms with Gasteiger partial charge in [0.2, 0.25) is 0 Å². The van der Waals surface area contributed by atoms with Crippen LogP contribution >= 0.6 is 15.6 Å². The van der Waals surface area contributed by atoms with Gasteiger partial charge in [0, 0.05) is 25.7 Å². The average molecular weight is 1400 g/mol. The molecule has 0 aliphatic carbocycles. The summed E-state index contributed by atoms with van der Waals surface area (Å²) in [6, 6.07) is 0. The number of carbonyl (C=O) groups excluding carboxylic acids is 4. The third kappa shape index (κ3) is 70.3. The van der Waals surface area contributed by atoms with Gasteiger partial charge < -0.3 is 33.8 Å². The van der Waals surface area contributed by atoms with E-state index in [1.165, 1.54) is 180 Å². The average Bonchev–Trinajstić information content (AvgIpc) is 1.49. The fourth-order valence-corrected chi connectivity index (χ4v) is 13.1. The molecule has 0 amide bonds. The summed E-state index contributed by atoms with van der Waals surface area (Å²) in [5.41, 5.74) is 0. The number of hydrogen-bond acceptors (Lipinski definition) is 15. The van der Waals surface area contributed by atoms with Gasteiger partial charge in [-0.1, -0.05) is 331 Å². The van der Waals surface area contributed by atoms with Crippen LogP contribution in [-0.4, -0.2) is 96.7 Å². The van der Waals surface area contributed by atoms with Gasteiger partial charge in [0.1, 0.15) is 19.3 Å². The lowest BCUT2D eigenvalue weighted by Crippen LogP contribution is -2.30. The summed E-state index contributed by atoms with van der Waals surface area (Å²) in [6.07, 6.45) is 50.5. The summed E-state index contributed by atoms with van der Waals surface area (Å²) in [5.74, 6) is 0.830. The second-order valence-corrected chi connectivity index (χ2v) is 32.2. The molecule has 564 valence electrons. The molecule has 19 heteroatoms. The van der Waals surface area contributed by atoms with E-state index in [9.17, 15) is 43.2 Å². The maximum absolute atomic E-state index is 13.1. The molecule has 17 nitrogen and oxygen atoms in total. The smallest absolute Gasteiger partial charge is 0.462 e. The highest BCUT2D eigenvalue weighted by Crippen LogP contribution is 2.45. The highest BCUT2D eigenvalue weighted by Gasteiger charge is 2.30. The van der Waals surface area contributed by atoms with Crippen molar-refractivity contribution < 1.29 is 80.2 Å². The number of carbonyl (C=O) groups is 4. The fraction of sp³-hybridized carbons (Fsp3) is 0.947. The van der Waals surface area contributed by atoms with Gasteiger partial charge in [-0.2, -0.15) is 0 Å². The maximum Gasteiger partial charge on any atom is 0.472 e. The molecule has 5 atom stereocenters. The number of unbranched alkanes of at least 4 members (excludes halogenated alkanes) is 39. The lowest BCUT2D eigenvalue weighted by molar-refractivity contribution is -0.161. The van der Waals surface area contributed by atoms with Crippen LogP contribution < -0.4 is 0 Å². The number of esters is 4. The first-order valence-electron chi connectivity index (χ1n) is 39.2. The van der Waals surface area contributed by atoms with Crippen molar-refractivity contribution >= 4 is 39.5 Å². The van der Waals surface area contributed by atoms with E-state index in [0.29, 0.717) is 37.5 Å². The van der Waals surface area contributed by atoms with Crippen molar-refractivity contribution in [3.8, 4) is 0 Å². The molecule has 3 N–H and O–H groups in total. The minimum atomic E-state index is -4.96. The molecule has 0 aliphatic rings. The Morgan fingerprint density at radius 2 is 0.442 bits per heavy atom. The van der Waals surface area contributed by atoms with Gasteiger partial charge in [0.15, 0.2) is 12.2 Å². The van der Waals surface area contributed by atoms with Crippen molar-refractivity contribution in [1.29, 1.82) is 0 Å². The highest BCUT2D eigenvalue weighted by atomic mass is 31.2. The number of ether oxygens (including phenoxy) is 4. The first-order valence-corrected chi connectivity index (χ1v) is 42.2. The van der Waals surface area contributed by atoms with Crippen molar-refractivity contribution in [2.75, 3.05) is 39.6 Å². The summed E-state index contributed by atoms with van der Waals surface area (Å²) in [5, 5.41) is 10.6. The largest absolute Gasteiger partial charge is 0.472 e. The minimum absolute atomic E-state index is 0.101. The van der Waals surface area contributed by atoms with Crippen LogP contribution in [0.4, 0.5) is 0 Å². The van der Waals surface area contributed by atoms with E-state index in [-0.39, 0.29) is 25.7 Å². The van der Waals surface area contributed by atoms with Crippen LogP contribution in [-0.2, 0) is 65.4 Å². The monoisotopic (exact) mass is 1400 g/mol. The Balaban J connectivity index is 5.16. The molecule has 0 saturated heterocycles. The Bertz CT molecular complexity index is 1870. The molecule has 0 heterocycles. The van der Waals surface area contributed by atoms with Crippen LogP contribution in [0, 0.1) is 23.7 Å². The second kappa shape index (κ2) is 65.4. The summed E-state index contributed by atoms with van der Waals surface area (Å²) in [6.45, 7) is 14.1. The molecule has 0 spiro atoms. The minimum Gasteiger partial charge on any atom is -0.462 e. The zero-order valence-electron chi connectivity index (χ0n) is 62.3. The summed E-state index contributed by atoms with van der Waals surface area (Å²) in [7, 11) is -9.91. The number of phosphoric acid groups is 2. The van der Waals surface area contributed by atoms with E-state index in [2.05, 4.69) is 55.4 Å². The molecule has 0 saturated carbocycles. The van der Waals surface area contributed by atoms with Crippen LogP contribution in [0.25, 0.3) is 0 Å². The Morgan fingerprint density at radius 3 is 0.653 bits per heavy atom. The number of aliphatic hydroxyl groups excluding tert-OH is 1. The topological polar surface area (TPSA) is 237 Å². The normalized spacial score (nSPS) is 14.1. The van der Waals surface area contributed by atoms with Gasteiger partial charge in [-0.15, -0.1) is 0 Å². The first kappa shape index (κ1) is 93.1. The molecule has 0 aliphatic heterocycles. The van der Waals surface area contributed by atoms with Crippen molar-refractivity contribution in [3.05, 3.63) is 0 Å². The van der Waals surface area contributed by atoms with Crippen molar-refractivity contribution in [1.82, 2.24) is 0 Å². The van der Waals surface area contributed by atoms with Gasteiger partial charge in [-0.25, -0.2) is 9.13 Å². The molecule has 95 heavy (non-hydrogen) atoms. The summed E-state index contributed by atoms with van der Waals surface area (Å²) in [4.78, 5) is 72.7. The lowest BCUT2D eigenvalue weighted by Gasteiger charge is -2.21. The van der Waals surface area contributed by atoms with Crippen molar-refractivity contribution in [2.45, 2.75) is 401 Å². The van der Waals surface area contributed by atoms with Crippen LogP contribution in [0.15, 0.2) is 0 Å². The zero-order chi connectivity index (χ0) is 70.3. The SMILES string of the molecule is CC(C)CCCCCCCCCCCCCCCCCCCCC(=O)OC[C@H](COP(=O)(O)OC[C@@H](O)COP(=O)(O)OC[C@@H](COC(=O)CCCCCCCCC(C)C)OC(=O)CCCCCCCCC(C)C)OC(=O)CCCCCCCCCCCCCCCC(C)C. The summed E-state index contributed by atoms with van der Waals surface area (Å²) >= 11 is 0. The standard InChI is InChI=1S/C76H148O17P2/c1-66(2)52-44-36-28-24-20-16-13-11-9-10-12-14-18-22-26-30-40-48-56-73(78)86-62-71(92-75(80)58-50-42-31-27-23-19-15-17-21-25-29-37-45-53-67(3)4)64-90-94(82,83)88-60-70(77)61-89-95(84,85)91-65-72(93-76(81)59-51-43-35-33-39-47-55-69(7)8)63-87-74(79)57-49-41-34-32-38-46-54-68(5)6/h66-72,77H,9-65H2,1-8H3,(H,82,83)(H,84,85)/t70-,71-,72-/m1/s1. The molecule has 0 aromatic heterocycles. The molecule has 2 unspecified atom stereocenters. The predicted octanol–water partition coefficient (Wildman–Crippen LogP) is 22.0. The quantitative estimate of drug-likeness (QED) is 0.0222. The molecular formula is C76H148O17P2. The van der Waals surface area contributed by atoms with E-state index >= 15 is 0 Å². The number of rotatable bonds is 73. The van der Waals surface area contributed by atoms with E-state index in [0.717, 1.165) is 108 Å². The van der Waals surface area contributed by atoms with E-state index < -0.39 is 97.5 Å². The van der Waals surface area contributed by atoms with Crippen LogP contribution in [0.2, 0.25) is 0 Å². The molecule has 0 fully saturated rings. The van der Waals surface area contributed by atoms with Crippen LogP contribution in [0.3, 0.4) is 0 Å². The van der Waals surface area contributed by atoms with Crippen molar-refractivity contribution in [3.63, 3.8) is 0 Å². The van der Waals surface area contributed by atoms with Gasteiger partial charge in [0.25, 0.3) is 0 Å².